The molecule has 2 N–H and O–H groups in total. The molecule has 0 saturated heterocycles. The number of halogens is 1. The number of likely N-dealkylation sites (N-methyl/N-ethyl adjacent to an activating group) is 1. The molecule has 0 amide bonds. The lowest BCUT2D eigenvalue weighted by molar-refractivity contribution is 0.191. The van der Waals surface area contributed by atoms with Crippen molar-refractivity contribution in [1.82, 2.24) is 4.90 Å². The summed E-state index contributed by atoms with van der Waals surface area (Å²) in [5, 5.41) is 0.778. The molecule has 0 spiro atoms. The highest BCUT2D eigenvalue weighted by Crippen LogP contribution is 2.24. The van der Waals surface area contributed by atoms with Crippen molar-refractivity contribution in [1.29, 1.82) is 0 Å². The number of hydrogen-bond donors (Lipinski definition) is 1. The fourth-order valence-corrected chi connectivity index (χ4v) is 1.86. The van der Waals surface area contributed by atoms with Crippen molar-refractivity contribution in [3.8, 4) is 0 Å². The molecule has 3 heteroatoms. The van der Waals surface area contributed by atoms with E-state index in [1.165, 1.54) is 5.56 Å². The van der Waals surface area contributed by atoms with Crippen LogP contribution in [0.25, 0.3) is 0 Å². The monoisotopic (exact) mass is 268 g/mol. The third-order valence-corrected chi connectivity index (χ3v) is 3.86. The zero-order valence-corrected chi connectivity index (χ0v) is 12.8. The molecule has 0 fully saturated rings. The van der Waals surface area contributed by atoms with Crippen molar-refractivity contribution in [3.63, 3.8) is 0 Å². The molecule has 0 aliphatic heterocycles. The Hall–Kier alpha value is -0.570. The van der Waals surface area contributed by atoms with Crippen molar-refractivity contribution < 1.29 is 0 Å². The maximum absolute atomic E-state index is 6.23. The minimum absolute atomic E-state index is 0.133. The SMILES string of the molecule is CC(c1ccc(Cl)cc1)N(C)CC(N)C(C)(C)C. The average molecular weight is 269 g/mol. The van der Waals surface area contributed by atoms with Crippen LogP contribution in [0.2, 0.25) is 5.02 Å². The Morgan fingerprint density at radius 1 is 1.22 bits per heavy atom. The molecule has 0 bridgehead atoms. The van der Waals surface area contributed by atoms with Crippen molar-refractivity contribution >= 4 is 11.6 Å². The van der Waals surface area contributed by atoms with Gasteiger partial charge >= 0.3 is 0 Å². The summed E-state index contributed by atoms with van der Waals surface area (Å²) >= 11 is 5.91. The Labute approximate surface area is 116 Å². The first-order valence-electron chi connectivity index (χ1n) is 6.43. The van der Waals surface area contributed by atoms with Crippen molar-refractivity contribution in [2.24, 2.45) is 11.1 Å². The van der Waals surface area contributed by atoms with Crippen LogP contribution in [0.15, 0.2) is 24.3 Å². The van der Waals surface area contributed by atoms with Gasteiger partial charge in [-0.1, -0.05) is 44.5 Å². The quantitative estimate of drug-likeness (QED) is 0.902. The van der Waals surface area contributed by atoms with Crippen molar-refractivity contribution in [2.45, 2.75) is 39.8 Å². The predicted molar refractivity (Wildman–Crippen MR) is 79.9 cm³/mol. The lowest BCUT2D eigenvalue weighted by atomic mass is 9.87. The normalized spacial score (nSPS) is 15.8. The highest BCUT2D eigenvalue weighted by atomic mass is 35.5. The molecular weight excluding hydrogens is 244 g/mol. The molecular formula is C15H25ClN2. The molecule has 0 aliphatic rings. The van der Waals surface area contributed by atoms with E-state index in [2.05, 4.69) is 51.8 Å². The van der Waals surface area contributed by atoms with E-state index in [-0.39, 0.29) is 11.5 Å². The molecule has 0 heterocycles. The predicted octanol–water partition coefficient (Wildman–Crippen LogP) is 3.71. The van der Waals surface area contributed by atoms with Gasteiger partial charge in [-0.3, -0.25) is 4.90 Å². The first-order chi connectivity index (χ1) is 8.21. The molecule has 102 valence electrons. The first kappa shape index (κ1) is 15.5. The maximum Gasteiger partial charge on any atom is 0.0406 e. The van der Waals surface area contributed by atoms with Crippen LogP contribution in [-0.4, -0.2) is 24.5 Å². The second-order valence-electron chi connectivity index (χ2n) is 6.14. The molecule has 0 aromatic heterocycles. The van der Waals surface area contributed by atoms with E-state index in [4.69, 9.17) is 17.3 Å². The molecule has 0 aliphatic carbocycles. The summed E-state index contributed by atoms with van der Waals surface area (Å²) in [6.07, 6.45) is 0. The van der Waals surface area contributed by atoms with Gasteiger partial charge in [0.15, 0.2) is 0 Å². The molecule has 1 rings (SSSR count). The molecule has 2 atom stereocenters. The van der Waals surface area contributed by atoms with Crippen molar-refractivity contribution in [2.75, 3.05) is 13.6 Å². The molecule has 1 aromatic carbocycles. The number of nitrogens with two attached hydrogens (primary N) is 1. The number of benzene rings is 1. The second kappa shape index (κ2) is 6.05. The van der Waals surface area contributed by atoms with Gasteiger partial charge in [0.05, 0.1) is 0 Å². The van der Waals surface area contributed by atoms with E-state index in [1.54, 1.807) is 0 Å². The van der Waals surface area contributed by atoms with Gasteiger partial charge in [-0.2, -0.15) is 0 Å². The summed E-state index contributed by atoms with van der Waals surface area (Å²) < 4.78 is 0. The summed E-state index contributed by atoms with van der Waals surface area (Å²) in [6, 6.07) is 8.53. The van der Waals surface area contributed by atoms with Crippen LogP contribution in [0.3, 0.4) is 0 Å². The van der Waals surface area contributed by atoms with Crippen LogP contribution in [0.5, 0.6) is 0 Å². The topological polar surface area (TPSA) is 29.3 Å². The van der Waals surface area contributed by atoms with Gasteiger partial charge in [-0.05, 0) is 37.1 Å². The molecule has 0 saturated carbocycles. The summed E-state index contributed by atoms with van der Waals surface area (Å²) in [5.74, 6) is 0. The number of nitrogens with zero attached hydrogens (tertiary/aromatic N) is 1. The number of hydrogen-bond acceptors (Lipinski definition) is 2. The zero-order valence-electron chi connectivity index (χ0n) is 12.1. The van der Waals surface area contributed by atoms with Gasteiger partial charge in [0.1, 0.15) is 0 Å². The number of rotatable bonds is 4. The van der Waals surface area contributed by atoms with Crippen LogP contribution >= 0.6 is 11.6 Å². The fraction of sp³-hybridized carbons (Fsp3) is 0.600. The third-order valence-electron chi connectivity index (χ3n) is 3.61. The van der Waals surface area contributed by atoms with E-state index in [0.717, 1.165) is 11.6 Å². The van der Waals surface area contributed by atoms with Crippen LogP contribution in [0.1, 0.15) is 39.3 Å². The Morgan fingerprint density at radius 3 is 2.17 bits per heavy atom. The van der Waals surface area contributed by atoms with Gasteiger partial charge in [-0.25, -0.2) is 0 Å². The van der Waals surface area contributed by atoms with E-state index >= 15 is 0 Å². The van der Waals surface area contributed by atoms with Gasteiger partial charge in [0.25, 0.3) is 0 Å². The highest BCUT2D eigenvalue weighted by molar-refractivity contribution is 6.30. The molecule has 2 unspecified atom stereocenters. The summed E-state index contributed by atoms with van der Waals surface area (Å²) in [4.78, 5) is 2.29. The van der Waals surface area contributed by atoms with E-state index < -0.39 is 0 Å². The van der Waals surface area contributed by atoms with Gasteiger partial charge in [-0.15, -0.1) is 0 Å². The summed E-state index contributed by atoms with van der Waals surface area (Å²) in [7, 11) is 2.12. The van der Waals surface area contributed by atoms with E-state index in [0.29, 0.717) is 6.04 Å². The smallest absolute Gasteiger partial charge is 0.0406 e. The maximum atomic E-state index is 6.23. The summed E-state index contributed by atoms with van der Waals surface area (Å²) in [5.41, 5.74) is 7.63. The molecule has 0 radical (unpaired) electrons. The second-order valence-corrected chi connectivity index (χ2v) is 6.58. The lowest BCUT2D eigenvalue weighted by Crippen LogP contribution is -2.44. The van der Waals surface area contributed by atoms with Gasteiger partial charge < -0.3 is 5.73 Å². The Morgan fingerprint density at radius 2 is 1.72 bits per heavy atom. The zero-order chi connectivity index (χ0) is 13.9. The Bertz CT molecular complexity index is 367. The minimum Gasteiger partial charge on any atom is -0.326 e. The lowest BCUT2D eigenvalue weighted by Gasteiger charge is -2.34. The third kappa shape index (κ3) is 4.27. The van der Waals surface area contributed by atoms with Crippen LogP contribution in [0, 0.1) is 5.41 Å². The van der Waals surface area contributed by atoms with Crippen LogP contribution in [-0.2, 0) is 0 Å². The average Bonchev–Trinajstić information content (AvgIpc) is 2.27. The minimum atomic E-state index is 0.133. The molecule has 2 nitrogen and oxygen atoms in total. The first-order valence-corrected chi connectivity index (χ1v) is 6.81. The standard InChI is InChI=1S/C15H25ClN2/c1-11(12-6-8-13(16)9-7-12)18(5)10-14(17)15(2,3)4/h6-9,11,14H,10,17H2,1-5H3. The van der Waals surface area contributed by atoms with E-state index in [9.17, 15) is 0 Å². The largest absolute Gasteiger partial charge is 0.326 e. The van der Waals surface area contributed by atoms with Crippen LogP contribution in [0.4, 0.5) is 0 Å². The van der Waals surface area contributed by atoms with Gasteiger partial charge in [0, 0.05) is 23.7 Å². The van der Waals surface area contributed by atoms with Crippen molar-refractivity contribution in [3.05, 3.63) is 34.9 Å². The van der Waals surface area contributed by atoms with E-state index in [1.807, 2.05) is 12.1 Å². The Balaban J connectivity index is 2.67. The Kier molecular flexibility index (Phi) is 5.20. The molecule has 18 heavy (non-hydrogen) atoms. The molecule has 1 aromatic rings. The highest BCUT2D eigenvalue weighted by Gasteiger charge is 2.23. The summed E-state index contributed by atoms with van der Waals surface area (Å²) in [6.45, 7) is 9.61. The fourth-order valence-electron chi connectivity index (χ4n) is 1.74. The van der Waals surface area contributed by atoms with Gasteiger partial charge in [0.2, 0.25) is 0 Å². The van der Waals surface area contributed by atoms with Crippen LogP contribution < -0.4 is 5.73 Å².